The first-order chi connectivity index (χ1) is 7.70. The fourth-order valence-corrected chi connectivity index (χ4v) is 3.00. The average molecular weight is 226 g/mol. The number of esters is 1. The molecule has 92 valence electrons. The van der Waals surface area contributed by atoms with Gasteiger partial charge in [-0.15, -0.1) is 0 Å². The van der Waals surface area contributed by atoms with E-state index in [-0.39, 0.29) is 5.97 Å². The highest BCUT2D eigenvalue weighted by Crippen LogP contribution is 2.34. The van der Waals surface area contributed by atoms with Gasteiger partial charge in [0.15, 0.2) is 0 Å². The van der Waals surface area contributed by atoms with Gasteiger partial charge in [-0.1, -0.05) is 0 Å². The fourth-order valence-electron chi connectivity index (χ4n) is 3.00. The van der Waals surface area contributed by atoms with E-state index in [4.69, 9.17) is 10.5 Å². The molecule has 3 atom stereocenters. The predicted molar refractivity (Wildman–Crippen MR) is 61.9 cm³/mol. The van der Waals surface area contributed by atoms with Gasteiger partial charge in [0.05, 0.1) is 13.0 Å². The van der Waals surface area contributed by atoms with Crippen molar-refractivity contribution in [2.24, 2.45) is 11.7 Å². The van der Waals surface area contributed by atoms with Gasteiger partial charge in [-0.25, -0.2) is 0 Å². The molecule has 2 N–H and O–H groups in total. The summed E-state index contributed by atoms with van der Waals surface area (Å²) in [6, 6.07) is 1.04. The Labute approximate surface area is 97.1 Å². The minimum Gasteiger partial charge on any atom is -0.466 e. The van der Waals surface area contributed by atoms with Gasteiger partial charge in [0.25, 0.3) is 0 Å². The minimum atomic E-state index is -0.0757. The van der Waals surface area contributed by atoms with E-state index >= 15 is 0 Å². The zero-order valence-corrected chi connectivity index (χ0v) is 10.0. The number of nitrogens with zero attached hydrogens (tertiary/aromatic N) is 1. The summed E-state index contributed by atoms with van der Waals surface area (Å²) in [7, 11) is 0. The van der Waals surface area contributed by atoms with Crippen LogP contribution in [0.1, 0.15) is 32.6 Å². The second kappa shape index (κ2) is 5.15. The second-order valence-electron chi connectivity index (χ2n) is 4.94. The van der Waals surface area contributed by atoms with Gasteiger partial charge in [-0.3, -0.25) is 9.69 Å². The quantitative estimate of drug-likeness (QED) is 0.719. The minimum absolute atomic E-state index is 0.0757. The first-order valence-electron chi connectivity index (χ1n) is 6.36. The Kier molecular flexibility index (Phi) is 3.82. The lowest BCUT2D eigenvalue weighted by atomic mass is 9.86. The number of likely N-dealkylation sites (tertiary alicyclic amines) is 1. The molecule has 0 aromatic carbocycles. The highest BCUT2D eigenvalue weighted by molar-refractivity contribution is 5.69. The van der Waals surface area contributed by atoms with Crippen molar-refractivity contribution in [3.05, 3.63) is 0 Å². The van der Waals surface area contributed by atoms with Crippen LogP contribution in [-0.2, 0) is 9.53 Å². The molecular formula is C12H22N2O2. The van der Waals surface area contributed by atoms with E-state index in [2.05, 4.69) is 4.90 Å². The predicted octanol–water partition coefficient (Wildman–Crippen LogP) is 0.751. The topological polar surface area (TPSA) is 55.6 Å². The Balaban J connectivity index is 1.77. The summed E-state index contributed by atoms with van der Waals surface area (Å²) in [5.41, 5.74) is 6.06. The number of carbonyl (C=O) groups is 1. The van der Waals surface area contributed by atoms with Gasteiger partial charge < -0.3 is 10.5 Å². The van der Waals surface area contributed by atoms with E-state index in [9.17, 15) is 4.79 Å². The molecule has 3 unspecified atom stereocenters. The molecule has 1 heterocycles. The van der Waals surface area contributed by atoms with Crippen molar-refractivity contribution in [3.8, 4) is 0 Å². The van der Waals surface area contributed by atoms with E-state index in [1.807, 2.05) is 6.92 Å². The first kappa shape index (κ1) is 11.9. The van der Waals surface area contributed by atoms with Gasteiger partial charge >= 0.3 is 5.97 Å². The van der Waals surface area contributed by atoms with E-state index in [1.165, 1.54) is 12.8 Å². The number of hydrogen-bond donors (Lipinski definition) is 1. The Morgan fingerprint density at radius 2 is 2.31 bits per heavy atom. The number of nitrogens with two attached hydrogens (primary N) is 1. The van der Waals surface area contributed by atoms with Crippen molar-refractivity contribution in [2.45, 2.75) is 44.7 Å². The monoisotopic (exact) mass is 226 g/mol. The zero-order valence-electron chi connectivity index (χ0n) is 10.0. The summed E-state index contributed by atoms with van der Waals surface area (Å²) in [5, 5.41) is 0. The molecule has 2 bridgehead atoms. The van der Waals surface area contributed by atoms with Crippen LogP contribution in [0.2, 0.25) is 0 Å². The summed E-state index contributed by atoms with van der Waals surface area (Å²) in [5.74, 6) is 0.578. The normalized spacial score (nSPS) is 34.0. The molecule has 1 aliphatic heterocycles. The largest absolute Gasteiger partial charge is 0.466 e. The van der Waals surface area contributed by atoms with Crippen LogP contribution in [0, 0.1) is 5.92 Å². The molecule has 0 spiro atoms. The van der Waals surface area contributed by atoms with Gasteiger partial charge in [0.2, 0.25) is 0 Å². The summed E-state index contributed by atoms with van der Waals surface area (Å²) in [6.45, 7) is 4.24. The average Bonchev–Trinajstić information content (AvgIpc) is 2.60. The SMILES string of the molecule is CCOC(=O)CCN1CC2CC1CCC2N. The van der Waals surface area contributed by atoms with E-state index in [0.29, 0.717) is 31.0 Å². The Hall–Kier alpha value is -0.610. The number of carbonyl (C=O) groups excluding carboxylic acids is 1. The summed E-state index contributed by atoms with van der Waals surface area (Å²) < 4.78 is 4.94. The van der Waals surface area contributed by atoms with Crippen LogP contribution >= 0.6 is 0 Å². The van der Waals surface area contributed by atoms with Crippen molar-refractivity contribution < 1.29 is 9.53 Å². The molecule has 0 radical (unpaired) electrons. The molecule has 4 heteroatoms. The lowest BCUT2D eigenvalue weighted by Crippen LogP contribution is -2.34. The molecule has 16 heavy (non-hydrogen) atoms. The van der Waals surface area contributed by atoms with Crippen LogP contribution in [0.3, 0.4) is 0 Å². The molecule has 0 aromatic rings. The Morgan fingerprint density at radius 3 is 3.00 bits per heavy atom. The van der Waals surface area contributed by atoms with Crippen LogP contribution in [0.4, 0.5) is 0 Å². The van der Waals surface area contributed by atoms with Crippen molar-refractivity contribution in [2.75, 3.05) is 19.7 Å². The summed E-state index contributed by atoms with van der Waals surface area (Å²) in [4.78, 5) is 13.7. The number of ether oxygens (including phenoxy) is 1. The van der Waals surface area contributed by atoms with Gasteiger partial charge in [0, 0.05) is 25.2 Å². The molecular weight excluding hydrogens is 204 g/mol. The van der Waals surface area contributed by atoms with E-state index in [0.717, 1.165) is 19.5 Å². The smallest absolute Gasteiger partial charge is 0.307 e. The van der Waals surface area contributed by atoms with Gasteiger partial charge in [-0.05, 0) is 32.1 Å². The highest BCUT2D eigenvalue weighted by Gasteiger charge is 2.38. The van der Waals surface area contributed by atoms with Crippen molar-refractivity contribution >= 4 is 5.97 Å². The second-order valence-corrected chi connectivity index (χ2v) is 4.94. The number of rotatable bonds is 4. The fraction of sp³-hybridized carbons (Fsp3) is 0.917. The van der Waals surface area contributed by atoms with Crippen LogP contribution in [0.5, 0.6) is 0 Å². The molecule has 2 rings (SSSR count). The van der Waals surface area contributed by atoms with Gasteiger partial charge in [-0.2, -0.15) is 0 Å². The summed E-state index contributed by atoms with van der Waals surface area (Å²) >= 11 is 0. The third-order valence-electron chi connectivity index (χ3n) is 3.91. The highest BCUT2D eigenvalue weighted by atomic mass is 16.5. The molecule has 4 nitrogen and oxygen atoms in total. The van der Waals surface area contributed by atoms with Crippen molar-refractivity contribution in [1.29, 1.82) is 0 Å². The van der Waals surface area contributed by atoms with Crippen molar-refractivity contribution in [1.82, 2.24) is 4.90 Å². The first-order valence-corrected chi connectivity index (χ1v) is 6.36. The van der Waals surface area contributed by atoms with E-state index in [1.54, 1.807) is 0 Å². The molecule has 2 fully saturated rings. The molecule has 1 saturated carbocycles. The maximum absolute atomic E-state index is 11.3. The maximum Gasteiger partial charge on any atom is 0.307 e. The lowest BCUT2D eigenvalue weighted by Gasteiger charge is -2.26. The van der Waals surface area contributed by atoms with Crippen LogP contribution in [0.25, 0.3) is 0 Å². The summed E-state index contributed by atoms with van der Waals surface area (Å²) in [6.07, 6.45) is 4.09. The molecule has 1 aliphatic carbocycles. The number of hydrogen-bond acceptors (Lipinski definition) is 4. The third-order valence-corrected chi connectivity index (χ3v) is 3.91. The molecule has 0 amide bonds. The molecule has 2 aliphatic rings. The van der Waals surface area contributed by atoms with Crippen LogP contribution in [-0.4, -0.2) is 42.6 Å². The Bertz CT molecular complexity index is 257. The third kappa shape index (κ3) is 2.55. The van der Waals surface area contributed by atoms with E-state index < -0.39 is 0 Å². The maximum atomic E-state index is 11.3. The lowest BCUT2D eigenvalue weighted by molar-refractivity contribution is -0.143. The van der Waals surface area contributed by atoms with Gasteiger partial charge in [0.1, 0.15) is 0 Å². The molecule has 1 saturated heterocycles. The number of fused-ring (bicyclic) bond motifs is 2. The molecule has 0 aromatic heterocycles. The van der Waals surface area contributed by atoms with Crippen LogP contribution < -0.4 is 5.73 Å². The standard InChI is InChI=1S/C12H22N2O2/c1-2-16-12(15)5-6-14-8-9-7-10(14)3-4-11(9)13/h9-11H,2-8,13H2,1H3. The van der Waals surface area contributed by atoms with Crippen molar-refractivity contribution in [3.63, 3.8) is 0 Å². The van der Waals surface area contributed by atoms with Crippen LogP contribution in [0.15, 0.2) is 0 Å². The Morgan fingerprint density at radius 1 is 1.50 bits per heavy atom. The zero-order chi connectivity index (χ0) is 11.5.